The van der Waals surface area contributed by atoms with E-state index < -0.39 is 0 Å². The summed E-state index contributed by atoms with van der Waals surface area (Å²) in [6.07, 6.45) is 2.85. The number of ether oxygens (including phenoxy) is 1. The fourth-order valence-corrected chi connectivity index (χ4v) is 2.32. The van der Waals surface area contributed by atoms with Gasteiger partial charge in [0.05, 0.1) is 7.11 Å². The summed E-state index contributed by atoms with van der Waals surface area (Å²) >= 11 is 6.01. The Kier molecular flexibility index (Phi) is 3.66. The highest BCUT2D eigenvalue weighted by Crippen LogP contribution is 2.29. The fourth-order valence-electron chi connectivity index (χ4n) is 2.10. The van der Waals surface area contributed by atoms with Gasteiger partial charge in [-0.2, -0.15) is 0 Å². The molecule has 1 N–H and O–H groups in total. The van der Waals surface area contributed by atoms with E-state index in [0.29, 0.717) is 23.0 Å². The fraction of sp³-hybridized carbons (Fsp3) is 0.500. The molecule has 1 atom stereocenters. The third kappa shape index (κ3) is 2.30. The van der Waals surface area contributed by atoms with Crippen molar-refractivity contribution in [3.05, 3.63) is 28.5 Å². The second kappa shape index (κ2) is 5.02. The number of hydrogen-bond acceptors (Lipinski definition) is 2. The molecule has 4 heteroatoms. The van der Waals surface area contributed by atoms with Crippen molar-refractivity contribution >= 4 is 11.6 Å². The minimum Gasteiger partial charge on any atom is -0.494 e. The Bertz CT molecular complexity index is 378. The molecule has 2 rings (SSSR count). The summed E-state index contributed by atoms with van der Waals surface area (Å²) in [5, 5.41) is 3.81. The molecule has 16 heavy (non-hydrogen) atoms. The number of methoxy groups -OCH3 is 1. The molecule has 1 heterocycles. The van der Waals surface area contributed by atoms with Crippen molar-refractivity contribution in [2.24, 2.45) is 0 Å². The standard InChI is InChI=1S/C12H15ClFNO/c1-16-11-5-4-10(13)9(12(11)14)7-8-3-2-6-15-8/h4-5,8,15H,2-3,6-7H2,1H3. The lowest BCUT2D eigenvalue weighted by atomic mass is 10.0. The molecule has 1 aromatic rings. The third-order valence-corrected chi connectivity index (χ3v) is 3.34. The van der Waals surface area contributed by atoms with Crippen LogP contribution in [0.2, 0.25) is 5.02 Å². The van der Waals surface area contributed by atoms with Gasteiger partial charge in [0.25, 0.3) is 0 Å². The molecule has 0 spiro atoms. The minimum atomic E-state index is -0.330. The van der Waals surface area contributed by atoms with Gasteiger partial charge in [0, 0.05) is 16.6 Å². The van der Waals surface area contributed by atoms with Crippen LogP contribution < -0.4 is 10.1 Å². The van der Waals surface area contributed by atoms with Gasteiger partial charge in [0.1, 0.15) is 0 Å². The van der Waals surface area contributed by atoms with Crippen LogP contribution in [0.1, 0.15) is 18.4 Å². The summed E-state index contributed by atoms with van der Waals surface area (Å²) in [5.41, 5.74) is 0.556. The molecule has 1 saturated heterocycles. The Balaban J connectivity index is 2.23. The molecule has 1 aliphatic rings. The molecular formula is C12H15ClFNO. The lowest BCUT2D eigenvalue weighted by Crippen LogP contribution is -2.24. The van der Waals surface area contributed by atoms with Crippen molar-refractivity contribution in [1.82, 2.24) is 5.32 Å². The maximum atomic E-state index is 13.9. The zero-order valence-corrected chi connectivity index (χ0v) is 9.98. The van der Waals surface area contributed by atoms with Crippen LogP contribution in [-0.4, -0.2) is 19.7 Å². The Morgan fingerprint density at radius 3 is 3.00 bits per heavy atom. The first-order valence-electron chi connectivity index (χ1n) is 5.46. The van der Waals surface area contributed by atoms with E-state index in [0.717, 1.165) is 19.4 Å². The van der Waals surface area contributed by atoms with Crippen LogP contribution in [0.5, 0.6) is 5.75 Å². The lowest BCUT2D eigenvalue weighted by Gasteiger charge is -2.14. The average molecular weight is 244 g/mol. The maximum Gasteiger partial charge on any atom is 0.169 e. The van der Waals surface area contributed by atoms with Crippen molar-refractivity contribution in [2.45, 2.75) is 25.3 Å². The molecule has 1 aliphatic heterocycles. The van der Waals surface area contributed by atoms with Crippen LogP contribution >= 0.6 is 11.6 Å². The SMILES string of the molecule is COc1ccc(Cl)c(CC2CCCN2)c1F. The first kappa shape index (κ1) is 11.7. The van der Waals surface area contributed by atoms with E-state index in [9.17, 15) is 4.39 Å². The van der Waals surface area contributed by atoms with Crippen LogP contribution in [0.15, 0.2) is 12.1 Å². The summed E-state index contributed by atoms with van der Waals surface area (Å²) in [6, 6.07) is 3.58. The Morgan fingerprint density at radius 1 is 1.56 bits per heavy atom. The summed E-state index contributed by atoms with van der Waals surface area (Å²) in [5.74, 6) is -0.0684. The largest absolute Gasteiger partial charge is 0.494 e. The summed E-state index contributed by atoms with van der Waals surface area (Å²) < 4.78 is 18.9. The molecule has 0 radical (unpaired) electrons. The van der Waals surface area contributed by atoms with Gasteiger partial charge in [-0.3, -0.25) is 0 Å². The van der Waals surface area contributed by atoms with Gasteiger partial charge < -0.3 is 10.1 Å². The monoisotopic (exact) mass is 243 g/mol. The van der Waals surface area contributed by atoms with E-state index in [1.165, 1.54) is 7.11 Å². The molecule has 88 valence electrons. The smallest absolute Gasteiger partial charge is 0.169 e. The van der Waals surface area contributed by atoms with Crippen molar-refractivity contribution in [3.63, 3.8) is 0 Å². The number of rotatable bonds is 3. The van der Waals surface area contributed by atoms with Crippen LogP contribution in [0, 0.1) is 5.82 Å². The van der Waals surface area contributed by atoms with Gasteiger partial charge in [0.15, 0.2) is 11.6 Å². The topological polar surface area (TPSA) is 21.3 Å². The van der Waals surface area contributed by atoms with Gasteiger partial charge in [-0.1, -0.05) is 11.6 Å². The first-order chi connectivity index (χ1) is 7.72. The van der Waals surface area contributed by atoms with Crippen LogP contribution in [0.4, 0.5) is 4.39 Å². The van der Waals surface area contributed by atoms with Crippen molar-refractivity contribution in [3.8, 4) is 5.75 Å². The van der Waals surface area contributed by atoms with E-state index in [1.807, 2.05) is 0 Å². The van der Waals surface area contributed by atoms with Gasteiger partial charge in [-0.25, -0.2) is 4.39 Å². The molecule has 0 aliphatic carbocycles. The number of nitrogens with one attached hydrogen (secondary N) is 1. The molecule has 1 unspecified atom stereocenters. The second-order valence-electron chi connectivity index (χ2n) is 4.04. The molecular weight excluding hydrogens is 229 g/mol. The highest BCUT2D eigenvalue weighted by atomic mass is 35.5. The normalized spacial score (nSPS) is 20.1. The van der Waals surface area contributed by atoms with Gasteiger partial charge >= 0.3 is 0 Å². The first-order valence-corrected chi connectivity index (χ1v) is 5.84. The third-order valence-electron chi connectivity index (χ3n) is 2.98. The van der Waals surface area contributed by atoms with Crippen LogP contribution in [0.25, 0.3) is 0 Å². The predicted octanol–water partition coefficient (Wildman–Crippen LogP) is 2.78. The number of benzene rings is 1. The minimum absolute atomic E-state index is 0.261. The Morgan fingerprint density at radius 2 is 2.38 bits per heavy atom. The van der Waals surface area contributed by atoms with E-state index in [1.54, 1.807) is 12.1 Å². The molecule has 0 saturated carbocycles. The number of hydrogen-bond donors (Lipinski definition) is 1. The molecule has 0 amide bonds. The molecule has 0 bridgehead atoms. The van der Waals surface area contributed by atoms with Crippen LogP contribution in [0.3, 0.4) is 0 Å². The van der Waals surface area contributed by atoms with Gasteiger partial charge in [-0.15, -0.1) is 0 Å². The highest BCUT2D eigenvalue weighted by molar-refractivity contribution is 6.31. The molecule has 0 aromatic heterocycles. The highest BCUT2D eigenvalue weighted by Gasteiger charge is 2.20. The van der Waals surface area contributed by atoms with Gasteiger partial charge in [-0.05, 0) is 37.9 Å². The van der Waals surface area contributed by atoms with Crippen molar-refractivity contribution in [1.29, 1.82) is 0 Å². The maximum absolute atomic E-state index is 13.9. The zero-order chi connectivity index (χ0) is 11.5. The molecule has 1 fully saturated rings. The van der Waals surface area contributed by atoms with Gasteiger partial charge in [0.2, 0.25) is 0 Å². The molecule has 2 nitrogen and oxygen atoms in total. The van der Waals surface area contributed by atoms with E-state index in [2.05, 4.69) is 5.32 Å². The summed E-state index contributed by atoms with van der Waals surface area (Å²) in [6.45, 7) is 1.01. The van der Waals surface area contributed by atoms with E-state index in [4.69, 9.17) is 16.3 Å². The Labute approximate surface area is 99.7 Å². The van der Waals surface area contributed by atoms with E-state index >= 15 is 0 Å². The van der Waals surface area contributed by atoms with Crippen molar-refractivity contribution < 1.29 is 9.13 Å². The zero-order valence-electron chi connectivity index (χ0n) is 9.22. The predicted molar refractivity (Wildman–Crippen MR) is 62.7 cm³/mol. The second-order valence-corrected chi connectivity index (χ2v) is 4.45. The average Bonchev–Trinajstić information content (AvgIpc) is 2.77. The van der Waals surface area contributed by atoms with Crippen LogP contribution in [-0.2, 0) is 6.42 Å². The molecule has 1 aromatic carbocycles. The summed E-state index contributed by atoms with van der Waals surface area (Å²) in [4.78, 5) is 0. The Hall–Kier alpha value is -0.800. The quantitative estimate of drug-likeness (QED) is 0.882. The number of halogens is 2. The lowest BCUT2D eigenvalue weighted by molar-refractivity contribution is 0.383. The van der Waals surface area contributed by atoms with E-state index in [-0.39, 0.29) is 11.6 Å². The summed E-state index contributed by atoms with van der Waals surface area (Å²) in [7, 11) is 1.46. The van der Waals surface area contributed by atoms with Crippen molar-refractivity contribution in [2.75, 3.05) is 13.7 Å².